The van der Waals surface area contributed by atoms with Crippen LogP contribution in [0.1, 0.15) is 23.3 Å². The summed E-state index contributed by atoms with van der Waals surface area (Å²) in [5, 5.41) is 3.79. The maximum absolute atomic E-state index is 6.03. The molecule has 1 heterocycles. The summed E-state index contributed by atoms with van der Waals surface area (Å²) in [7, 11) is 3.54. The molecule has 0 aliphatic rings. The number of hydrogen-bond acceptors (Lipinski definition) is 4. The molecule has 2 unspecified atom stereocenters. The van der Waals surface area contributed by atoms with E-state index < -0.39 is 0 Å². The summed E-state index contributed by atoms with van der Waals surface area (Å²) in [4.78, 5) is 4.11. The van der Waals surface area contributed by atoms with Gasteiger partial charge in [0.05, 0.1) is 11.1 Å². The summed E-state index contributed by atoms with van der Waals surface area (Å²) in [6.07, 6.45) is 1.36. The van der Waals surface area contributed by atoms with E-state index in [1.54, 1.807) is 7.11 Å². The normalized spacial score (nSPS) is 13.9. The molecule has 0 amide bonds. The molecule has 0 saturated heterocycles. The van der Waals surface area contributed by atoms with Gasteiger partial charge in [0.1, 0.15) is 11.9 Å². The van der Waals surface area contributed by atoms with E-state index in [-0.39, 0.29) is 12.1 Å². The minimum Gasteiger partial charge on any atom is -0.383 e. The van der Waals surface area contributed by atoms with Crippen molar-refractivity contribution >= 4 is 17.4 Å². The summed E-state index contributed by atoms with van der Waals surface area (Å²) in [5.41, 5.74) is 7.86. The van der Waals surface area contributed by atoms with E-state index in [0.29, 0.717) is 10.8 Å². The second-order valence-corrected chi connectivity index (χ2v) is 4.90. The van der Waals surface area contributed by atoms with Crippen LogP contribution in [0.25, 0.3) is 0 Å². The second kappa shape index (κ2) is 6.70. The summed E-state index contributed by atoms with van der Waals surface area (Å²) >= 11 is 6.03. The molecule has 20 heavy (non-hydrogen) atoms. The quantitative estimate of drug-likeness (QED) is 0.889. The van der Waals surface area contributed by atoms with Gasteiger partial charge in [0.2, 0.25) is 0 Å². The zero-order chi connectivity index (χ0) is 14.5. The van der Waals surface area contributed by atoms with Crippen LogP contribution in [-0.4, -0.2) is 19.1 Å². The Balaban J connectivity index is 2.42. The highest BCUT2D eigenvalue weighted by molar-refractivity contribution is 6.30. The lowest BCUT2D eigenvalue weighted by molar-refractivity contribution is 0.0703. The van der Waals surface area contributed by atoms with E-state index in [1.807, 2.05) is 43.4 Å². The Kier molecular flexibility index (Phi) is 4.95. The second-order valence-electron chi connectivity index (χ2n) is 4.46. The van der Waals surface area contributed by atoms with Gasteiger partial charge in [0.25, 0.3) is 0 Å². The number of benzene rings is 1. The number of methoxy groups -OCH3 is 1. The largest absolute Gasteiger partial charge is 0.383 e. The Hall–Kier alpha value is -1.62. The molecule has 0 spiro atoms. The predicted octanol–water partition coefficient (Wildman–Crippen LogP) is 2.97. The zero-order valence-electron chi connectivity index (χ0n) is 11.5. The smallest absolute Gasteiger partial charge is 0.128 e. The van der Waals surface area contributed by atoms with E-state index in [2.05, 4.69) is 10.3 Å². The van der Waals surface area contributed by atoms with Crippen LogP contribution in [0.2, 0.25) is 5.02 Å². The standard InChI is InChI=1S/C15H18ClN3O/c1-18-13(12-8-11(16)9-19-15(12)17)14(20-2)10-6-4-3-5-7-10/h3-9,13-14,18H,1-2H3,(H2,17,19). The van der Waals surface area contributed by atoms with Gasteiger partial charge in [-0.15, -0.1) is 0 Å². The lowest BCUT2D eigenvalue weighted by atomic mass is 9.96. The monoisotopic (exact) mass is 291 g/mol. The number of nitrogens with zero attached hydrogens (tertiary/aromatic N) is 1. The fourth-order valence-corrected chi connectivity index (χ4v) is 2.46. The molecule has 0 aliphatic carbocycles. The first kappa shape index (κ1) is 14.8. The number of rotatable bonds is 5. The Labute approximate surface area is 123 Å². The molecule has 1 aromatic carbocycles. The lowest BCUT2D eigenvalue weighted by Crippen LogP contribution is -2.26. The maximum atomic E-state index is 6.03. The summed E-state index contributed by atoms with van der Waals surface area (Å²) in [6, 6.07) is 11.7. The molecule has 1 aromatic heterocycles. The molecular formula is C15H18ClN3O. The molecule has 2 rings (SSSR count). The first-order chi connectivity index (χ1) is 9.67. The molecule has 0 bridgehead atoms. The minimum atomic E-state index is -0.177. The van der Waals surface area contributed by atoms with E-state index in [0.717, 1.165) is 11.1 Å². The third-order valence-corrected chi connectivity index (χ3v) is 3.45. The number of hydrogen-bond donors (Lipinski definition) is 2. The number of aromatic nitrogens is 1. The van der Waals surface area contributed by atoms with Crippen LogP contribution in [0.3, 0.4) is 0 Å². The molecule has 0 aliphatic heterocycles. The topological polar surface area (TPSA) is 60.2 Å². The maximum Gasteiger partial charge on any atom is 0.128 e. The van der Waals surface area contributed by atoms with Crippen molar-refractivity contribution in [3.63, 3.8) is 0 Å². The highest BCUT2D eigenvalue weighted by Gasteiger charge is 2.25. The van der Waals surface area contributed by atoms with Gasteiger partial charge in [-0.25, -0.2) is 4.98 Å². The summed E-state index contributed by atoms with van der Waals surface area (Å²) < 4.78 is 5.65. The average molecular weight is 292 g/mol. The number of anilines is 1. The number of pyridine rings is 1. The van der Waals surface area contributed by atoms with Gasteiger partial charge in [0, 0.05) is 18.9 Å². The number of likely N-dealkylation sites (N-methyl/N-ethyl adjacent to an activating group) is 1. The van der Waals surface area contributed by atoms with Crippen molar-refractivity contribution < 1.29 is 4.74 Å². The summed E-state index contributed by atoms with van der Waals surface area (Å²) in [5.74, 6) is 0.451. The third-order valence-electron chi connectivity index (χ3n) is 3.25. The van der Waals surface area contributed by atoms with E-state index in [4.69, 9.17) is 22.1 Å². The Morgan fingerprint density at radius 3 is 2.60 bits per heavy atom. The van der Waals surface area contributed by atoms with Gasteiger partial charge >= 0.3 is 0 Å². The van der Waals surface area contributed by atoms with Gasteiger partial charge in [-0.3, -0.25) is 0 Å². The molecule has 4 nitrogen and oxygen atoms in total. The highest BCUT2D eigenvalue weighted by atomic mass is 35.5. The molecule has 0 fully saturated rings. The molecule has 2 atom stereocenters. The number of halogens is 1. The van der Waals surface area contributed by atoms with Crippen LogP contribution in [-0.2, 0) is 4.74 Å². The van der Waals surface area contributed by atoms with Crippen molar-refractivity contribution in [1.82, 2.24) is 10.3 Å². The molecule has 0 radical (unpaired) electrons. The van der Waals surface area contributed by atoms with Crippen molar-refractivity contribution in [3.8, 4) is 0 Å². The van der Waals surface area contributed by atoms with Crippen molar-refractivity contribution in [2.75, 3.05) is 19.9 Å². The fraction of sp³-hybridized carbons (Fsp3) is 0.267. The van der Waals surface area contributed by atoms with Crippen LogP contribution in [0, 0.1) is 0 Å². The third kappa shape index (κ3) is 3.10. The van der Waals surface area contributed by atoms with Crippen molar-refractivity contribution in [2.45, 2.75) is 12.1 Å². The van der Waals surface area contributed by atoms with Gasteiger partial charge in [-0.1, -0.05) is 41.9 Å². The van der Waals surface area contributed by atoms with E-state index in [1.165, 1.54) is 6.20 Å². The zero-order valence-corrected chi connectivity index (χ0v) is 12.3. The number of ether oxygens (including phenoxy) is 1. The summed E-state index contributed by atoms with van der Waals surface area (Å²) in [6.45, 7) is 0. The number of nitrogen functional groups attached to an aromatic ring is 1. The molecule has 5 heteroatoms. The van der Waals surface area contributed by atoms with Crippen molar-refractivity contribution in [3.05, 3.63) is 58.7 Å². The molecule has 0 saturated carbocycles. The van der Waals surface area contributed by atoms with Crippen LogP contribution in [0.4, 0.5) is 5.82 Å². The van der Waals surface area contributed by atoms with Gasteiger partial charge in [-0.05, 0) is 18.7 Å². The Bertz CT molecular complexity index is 562. The first-order valence-electron chi connectivity index (χ1n) is 6.33. The Morgan fingerprint density at radius 1 is 1.30 bits per heavy atom. The number of nitrogens with one attached hydrogen (secondary N) is 1. The van der Waals surface area contributed by atoms with Crippen molar-refractivity contribution in [1.29, 1.82) is 0 Å². The Morgan fingerprint density at radius 2 is 2.00 bits per heavy atom. The van der Waals surface area contributed by atoms with E-state index in [9.17, 15) is 0 Å². The SMILES string of the molecule is CNC(c1cc(Cl)cnc1N)C(OC)c1ccccc1. The molecule has 106 valence electrons. The van der Waals surface area contributed by atoms with Gasteiger partial charge in [-0.2, -0.15) is 0 Å². The van der Waals surface area contributed by atoms with Gasteiger partial charge in [0.15, 0.2) is 0 Å². The van der Waals surface area contributed by atoms with E-state index >= 15 is 0 Å². The lowest BCUT2D eigenvalue weighted by Gasteiger charge is -2.27. The van der Waals surface area contributed by atoms with Crippen molar-refractivity contribution in [2.24, 2.45) is 0 Å². The fourth-order valence-electron chi connectivity index (χ4n) is 2.29. The minimum absolute atomic E-state index is 0.131. The van der Waals surface area contributed by atoms with Crippen LogP contribution in [0.15, 0.2) is 42.6 Å². The first-order valence-corrected chi connectivity index (χ1v) is 6.71. The van der Waals surface area contributed by atoms with Crippen LogP contribution in [0.5, 0.6) is 0 Å². The average Bonchev–Trinajstić information content (AvgIpc) is 2.48. The molecule has 2 aromatic rings. The molecular weight excluding hydrogens is 274 g/mol. The van der Waals surface area contributed by atoms with Crippen LogP contribution >= 0.6 is 11.6 Å². The molecule has 3 N–H and O–H groups in total. The number of nitrogens with two attached hydrogens (primary N) is 1. The predicted molar refractivity (Wildman–Crippen MR) is 81.7 cm³/mol. The van der Waals surface area contributed by atoms with Gasteiger partial charge < -0.3 is 15.8 Å². The highest BCUT2D eigenvalue weighted by Crippen LogP contribution is 2.34. The van der Waals surface area contributed by atoms with Crippen LogP contribution < -0.4 is 11.1 Å².